The molecule has 0 unspecified atom stereocenters. The van der Waals surface area contributed by atoms with E-state index in [0.29, 0.717) is 13.0 Å². The Labute approximate surface area is 124 Å². The fourth-order valence-corrected chi connectivity index (χ4v) is 2.14. The number of alkyl halides is 1. The van der Waals surface area contributed by atoms with Crippen molar-refractivity contribution < 1.29 is 9.53 Å². The van der Waals surface area contributed by atoms with Crippen LogP contribution in [0.1, 0.15) is 24.5 Å². The van der Waals surface area contributed by atoms with E-state index in [1.54, 1.807) is 4.90 Å². The molecule has 4 nitrogen and oxygen atoms in total. The quantitative estimate of drug-likeness (QED) is 0.441. The van der Waals surface area contributed by atoms with Crippen LogP contribution in [0.25, 0.3) is 0 Å². The number of carbonyl (C=O) groups excluding carboxylic acids is 1. The maximum atomic E-state index is 12.0. The van der Waals surface area contributed by atoms with Crippen LogP contribution in [0.3, 0.4) is 0 Å². The molecule has 5 heteroatoms. The number of nitrogens with zero attached hydrogens (tertiary/aromatic N) is 2. The summed E-state index contributed by atoms with van der Waals surface area (Å²) in [5.74, 6) is -0.299. The molecule has 0 saturated heterocycles. The van der Waals surface area contributed by atoms with Gasteiger partial charge in [-0.1, -0.05) is 25.1 Å². The highest BCUT2D eigenvalue weighted by Crippen LogP contribution is 2.26. The van der Waals surface area contributed by atoms with E-state index in [1.165, 1.54) is 0 Å². The summed E-state index contributed by atoms with van der Waals surface area (Å²) >= 11 is 5.69. The minimum atomic E-state index is -0.201. The minimum Gasteiger partial charge on any atom is -0.360 e. The molecule has 1 amide bonds. The van der Waals surface area contributed by atoms with Gasteiger partial charge in [-0.05, 0) is 24.5 Å². The van der Waals surface area contributed by atoms with Crippen molar-refractivity contribution in [3.63, 3.8) is 0 Å². The molecule has 0 heterocycles. The van der Waals surface area contributed by atoms with Crippen molar-refractivity contribution in [3.05, 3.63) is 29.3 Å². The van der Waals surface area contributed by atoms with Crippen LogP contribution >= 0.6 is 11.6 Å². The lowest BCUT2D eigenvalue weighted by Crippen LogP contribution is -2.35. The largest absolute Gasteiger partial charge is 0.360 e. The molecule has 1 aromatic carbocycles. The van der Waals surface area contributed by atoms with E-state index in [0.717, 1.165) is 23.2 Å². The minimum absolute atomic E-state index is 0.0981. The lowest BCUT2D eigenvalue weighted by atomic mass is 10.0. The molecule has 0 bridgehead atoms. The number of nitriles is 1. The van der Waals surface area contributed by atoms with E-state index in [1.807, 2.05) is 38.1 Å². The van der Waals surface area contributed by atoms with Crippen molar-refractivity contribution >= 4 is 23.2 Å². The predicted octanol–water partition coefficient (Wildman–Crippen LogP) is 3.02. The zero-order chi connectivity index (χ0) is 15.0. The van der Waals surface area contributed by atoms with Gasteiger partial charge in [0.1, 0.15) is 12.6 Å². The first kappa shape index (κ1) is 16.5. The molecule has 0 spiro atoms. The summed E-state index contributed by atoms with van der Waals surface area (Å²) in [6.07, 6.45) is 1.12. The van der Waals surface area contributed by atoms with E-state index in [2.05, 4.69) is 0 Å². The summed E-state index contributed by atoms with van der Waals surface area (Å²) in [7, 11) is 0. The Balaban J connectivity index is 2.99. The van der Waals surface area contributed by atoms with Crippen molar-refractivity contribution in [2.24, 2.45) is 0 Å². The number of carbonyl (C=O) groups is 1. The Bertz CT molecular complexity index is 497. The number of ether oxygens (including phenoxy) is 1. The number of rotatable bonds is 7. The molecule has 1 rings (SSSR count). The topological polar surface area (TPSA) is 53.3 Å². The van der Waals surface area contributed by atoms with Crippen molar-refractivity contribution in [1.29, 1.82) is 5.26 Å². The van der Waals surface area contributed by atoms with Gasteiger partial charge in [0.2, 0.25) is 5.91 Å². The molecule has 0 aliphatic heterocycles. The van der Waals surface area contributed by atoms with Crippen LogP contribution in [-0.4, -0.2) is 25.1 Å². The van der Waals surface area contributed by atoms with Crippen LogP contribution in [0.5, 0.6) is 0 Å². The predicted molar refractivity (Wildman–Crippen MR) is 79.8 cm³/mol. The van der Waals surface area contributed by atoms with Gasteiger partial charge in [-0.25, -0.2) is 0 Å². The molecule has 0 radical (unpaired) electrons. The fourth-order valence-electron chi connectivity index (χ4n) is 2.00. The average Bonchev–Trinajstić information content (AvgIpc) is 2.47. The number of para-hydroxylation sites is 1. The normalized spacial score (nSPS) is 10.1. The van der Waals surface area contributed by atoms with Crippen LogP contribution in [0.2, 0.25) is 0 Å². The van der Waals surface area contributed by atoms with Gasteiger partial charge < -0.3 is 4.74 Å². The number of hydrogen-bond acceptors (Lipinski definition) is 3. The first-order valence-corrected chi connectivity index (χ1v) is 7.08. The van der Waals surface area contributed by atoms with E-state index in [4.69, 9.17) is 21.6 Å². The third kappa shape index (κ3) is 4.22. The number of amides is 1. The zero-order valence-electron chi connectivity index (χ0n) is 11.9. The molecule has 0 aliphatic carbocycles. The molecular weight excluding hydrogens is 276 g/mol. The van der Waals surface area contributed by atoms with E-state index >= 15 is 0 Å². The molecular formula is C15H19ClN2O2. The maximum Gasteiger partial charge on any atom is 0.243 e. The highest BCUT2D eigenvalue weighted by atomic mass is 35.5. The summed E-state index contributed by atoms with van der Waals surface area (Å²) in [5, 5.41) is 8.50. The van der Waals surface area contributed by atoms with Crippen molar-refractivity contribution in [3.8, 4) is 6.07 Å². The average molecular weight is 295 g/mol. The number of benzene rings is 1. The molecule has 0 aliphatic rings. The second kappa shape index (κ2) is 8.57. The van der Waals surface area contributed by atoms with Crippen molar-refractivity contribution in [1.82, 2.24) is 0 Å². The van der Waals surface area contributed by atoms with Gasteiger partial charge >= 0.3 is 0 Å². The molecule has 0 N–H and O–H groups in total. The molecule has 0 fully saturated rings. The second-order valence-electron chi connectivity index (χ2n) is 4.34. The Morgan fingerprint density at radius 2 is 2.25 bits per heavy atom. The third-order valence-corrected chi connectivity index (χ3v) is 3.19. The SMILES string of the molecule is CCc1cccc(C)c1N(COCCC#N)C(=O)CCl. The number of aryl methyl sites for hydroxylation is 2. The smallest absolute Gasteiger partial charge is 0.243 e. The summed E-state index contributed by atoms with van der Waals surface area (Å²) < 4.78 is 5.39. The van der Waals surface area contributed by atoms with Crippen LogP contribution in [-0.2, 0) is 16.0 Å². The van der Waals surface area contributed by atoms with Gasteiger partial charge in [0, 0.05) is 0 Å². The van der Waals surface area contributed by atoms with Gasteiger partial charge in [0.25, 0.3) is 0 Å². The fraction of sp³-hybridized carbons (Fsp3) is 0.467. The van der Waals surface area contributed by atoms with Gasteiger partial charge in [-0.2, -0.15) is 5.26 Å². The Kier molecular flexibility index (Phi) is 7.06. The maximum absolute atomic E-state index is 12.0. The Morgan fingerprint density at radius 3 is 2.85 bits per heavy atom. The first-order chi connectivity index (χ1) is 9.65. The van der Waals surface area contributed by atoms with Gasteiger partial charge in [0.05, 0.1) is 24.8 Å². The highest BCUT2D eigenvalue weighted by Gasteiger charge is 2.19. The molecule has 0 saturated carbocycles. The summed E-state index contributed by atoms with van der Waals surface area (Å²) in [5.41, 5.74) is 2.94. The summed E-state index contributed by atoms with van der Waals surface area (Å²) in [6.45, 7) is 4.41. The third-order valence-electron chi connectivity index (χ3n) is 2.97. The van der Waals surface area contributed by atoms with Gasteiger partial charge in [0.15, 0.2) is 0 Å². The number of anilines is 1. The molecule has 108 valence electrons. The van der Waals surface area contributed by atoms with Crippen LogP contribution in [0, 0.1) is 18.3 Å². The number of hydrogen-bond donors (Lipinski definition) is 0. The lowest BCUT2D eigenvalue weighted by molar-refractivity contribution is -0.117. The number of halogens is 1. The molecule has 0 atom stereocenters. The molecule has 20 heavy (non-hydrogen) atoms. The summed E-state index contributed by atoms with van der Waals surface area (Å²) in [6, 6.07) is 7.92. The lowest BCUT2D eigenvalue weighted by Gasteiger charge is -2.26. The second-order valence-corrected chi connectivity index (χ2v) is 4.60. The molecule has 1 aromatic rings. The van der Waals surface area contributed by atoms with Gasteiger partial charge in [-0.15, -0.1) is 11.6 Å². The van der Waals surface area contributed by atoms with Crippen LogP contribution in [0.15, 0.2) is 18.2 Å². The molecule has 0 aromatic heterocycles. The van der Waals surface area contributed by atoms with Crippen LogP contribution < -0.4 is 4.90 Å². The zero-order valence-corrected chi connectivity index (χ0v) is 12.6. The highest BCUT2D eigenvalue weighted by molar-refractivity contribution is 6.29. The summed E-state index contributed by atoms with van der Waals surface area (Å²) in [4.78, 5) is 13.6. The van der Waals surface area contributed by atoms with Crippen LogP contribution in [0.4, 0.5) is 5.69 Å². The Hall–Kier alpha value is -1.57. The van der Waals surface area contributed by atoms with Crippen molar-refractivity contribution in [2.75, 3.05) is 24.1 Å². The van der Waals surface area contributed by atoms with Crippen molar-refractivity contribution in [2.45, 2.75) is 26.7 Å². The van der Waals surface area contributed by atoms with E-state index in [9.17, 15) is 4.79 Å². The first-order valence-electron chi connectivity index (χ1n) is 6.55. The Morgan fingerprint density at radius 1 is 1.50 bits per heavy atom. The standard InChI is InChI=1S/C15H19ClN2O2/c1-3-13-7-4-6-12(2)15(13)18(14(19)10-16)11-20-9-5-8-17/h4,6-7H,3,5,9-11H2,1-2H3. The van der Waals surface area contributed by atoms with E-state index in [-0.39, 0.29) is 18.5 Å². The van der Waals surface area contributed by atoms with Gasteiger partial charge in [-0.3, -0.25) is 9.69 Å². The van der Waals surface area contributed by atoms with E-state index < -0.39 is 0 Å². The monoisotopic (exact) mass is 294 g/mol.